The van der Waals surface area contributed by atoms with Gasteiger partial charge >= 0.3 is 0 Å². The lowest BCUT2D eigenvalue weighted by Crippen LogP contribution is -2.40. The standard InChI is InChI=1S/C17H30N6O.HI/c1-3-18-17(22(2)10-11-24-13-14-7-8-14)19-12-16-21-20-15-6-4-5-9-23(15)16;/h14H,3-13H2,1-2H3,(H,18,19);1H. The third kappa shape index (κ3) is 6.09. The largest absolute Gasteiger partial charge is 0.379 e. The van der Waals surface area contributed by atoms with Gasteiger partial charge in [0.15, 0.2) is 11.8 Å². The van der Waals surface area contributed by atoms with Crippen molar-refractivity contribution in [3.63, 3.8) is 0 Å². The van der Waals surface area contributed by atoms with Crippen molar-refractivity contribution in [2.45, 2.75) is 52.1 Å². The molecule has 142 valence electrons. The zero-order valence-electron chi connectivity index (χ0n) is 15.4. The maximum absolute atomic E-state index is 5.73. The van der Waals surface area contributed by atoms with Crippen LogP contribution in [0.5, 0.6) is 0 Å². The summed E-state index contributed by atoms with van der Waals surface area (Å²) in [5.74, 6) is 3.80. The van der Waals surface area contributed by atoms with Gasteiger partial charge in [-0.1, -0.05) is 0 Å². The van der Waals surface area contributed by atoms with Gasteiger partial charge in [-0.05, 0) is 38.5 Å². The van der Waals surface area contributed by atoms with E-state index in [0.717, 1.165) is 62.8 Å². The molecular weight excluding hydrogens is 431 g/mol. The molecule has 3 rings (SSSR count). The number of aryl methyl sites for hydroxylation is 1. The predicted octanol–water partition coefficient (Wildman–Crippen LogP) is 2.06. The Morgan fingerprint density at radius 2 is 2.20 bits per heavy atom. The first-order valence-electron chi connectivity index (χ1n) is 9.26. The average Bonchev–Trinajstić information content (AvgIpc) is 3.34. The minimum Gasteiger partial charge on any atom is -0.379 e. The van der Waals surface area contributed by atoms with Crippen LogP contribution in [-0.2, 0) is 24.2 Å². The lowest BCUT2D eigenvalue weighted by atomic mass is 10.2. The molecule has 1 aromatic heterocycles. The molecule has 0 bridgehead atoms. The second-order valence-electron chi connectivity index (χ2n) is 6.75. The van der Waals surface area contributed by atoms with E-state index in [4.69, 9.17) is 9.73 Å². The van der Waals surface area contributed by atoms with Gasteiger partial charge in [0.25, 0.3) is 0 Å². The number of fused-ring (bicyclic) bond motifs is 1. The van der Waals surface area contributed by atoms with Crippen molar-refractivity contribution in [3.8, 4) is 0 Å². The van der Waals surface area contributed by atoms with E-state index in [-0.39, 0.29) is 24.0 Å². The quantitative estimate of drug-likeness (QED) is 0.277. The molecule has 7 nitrogen and oxygen atoms in total. The summed E-state index contributed by atoms with van der Waals surface area (Å²) >= 11 is 0. The molecule has 0 aromatic carbocycles. The van der Waals surface area contributed by atoms with Gasteiger partial charge in [0, 0.05) is 39.7 Å². The zero-order chi connectivity index (χ0) is 16.8. The Hall–Kier alpha value is -0.900. The summed E-state index contributed by atoms with van der Waals surface area (Å²) in [4.78, 5) is 6.87. The summed E-state index contributed by atoms with van der Waals surface area (Å²) in [5, 5.41) is 12.0. The summed E-state index contributed by atoms with van der Waals surface area (Å²) in [6.07, 6.45) is 6.13. The van der Waals surface area contributed by atoms with Crippen molar-refractivity contribution in [2.75, 3.05) is 33.4 Å². The third-order valence-corrected chi connectivity index (χ3v) is 4.62. The number of aliphatic imine (C=N–C) groups is 1. The maximum Gasteiger partial charge on any atom is 0.194 e. The highest BCUT2D eigenvalue weighted by atomic mass is 127. The Morgan fingerprint density at radius 3 is 2.96 bits per heavy atom. The molecule has 2 aliphatic rings. The number of rotatable bonds is 8. The number of guanidine groups is 1. The highest BCUT2D eigenvalue weighted by molar-refractivity contribution is 14.0. The zero-order valence-corrected chi connectivity index (χ0v) is 17.7. The van der Waals surface area contributed by atoms with Gasteiger partial charge in [0.05, 0.1) is 6.61 Å². The summed E-state index contributed by atoms with van der Waals surface area (Å²) in [5.41, 5.74) is 0. The number of aromatic nitrogens is 3. The second kappa shape index (κ2) is 10.3. The molecule has 1 aliphatic carbocycles. The first-order chi connectivity index (χ1) is 11.8. The second-order valence-corrected chi connectivity index (χ2v) is 6.75. The van der Waals surface area contributed by atoms with Crippen LogP contribution in [0.25, 0.3) is 0 Å². The van der Waals surface area contributed by atoms with E-state index in [1.807, 2.05) is 0 Å². The van der Waals surface area contributed by atoms with Crippen LogP contribution in [-0.4, -0.2) is 59.0 Å². The van der Waals surface area contributed by atoms with Crippen LogP contribution >= 0.6 is 24.0 Å². The molecule has 0 spiro atoms. The summed E-state index contributed by atoms with van der Waals surface area (Å²) in [6.45, 7) is 7.04. The highest BCUT2D eigenvalue weighted by Crippen LogP contribution is 2.28. The van der Waals surface area contributed by atoms with Gasteiger partial charge in [-0.3, -0.25) is 0 Å². The molecule has 0 atom stereocenters. The number of hydrogen-bond donors (Lipinski definition) is 1. The van der Waals surface area contributed by atoms with E-state index < -0.39 is 0 Å². The van der Waals surface area contributed by atoms with E-state index >= 15 is 0 Å². The number of nitrogens with one attached hydrogen (secondary N) is 1. The third-order valence-electron chi connectivity index (χ3n) is 4.62. The Kier molecular flexibility index (Phi) is 8.41. The molecule has 1 aliphatic heterocycles. The number of likely N-dealkylation sites (N-methyl/N-ethyl adjacent to an activating group) is 1. The van der Waals surface area contributed by atoms with Gasteiger partial charge in [0.1, 0.15) is 12.4 Å². The lowest BCUT2D eigenvalue weighted by Gasteiger charge is -2.22. The topological polar surface area (TPSA) is 67.6 Å². The summed E-state index contributed by atoms with van der Waals surface area (Å²) < 4.78 is 7.96. The summed E-state index contributed by atoms with van der Waals surface area (Å²) in [6, 6.07) is 0. The van der Waals surface area contributed by atoms with Crippen LogP contribution in [0.3, 0.4) is 0 Å². The van der Waals surface area contributed by atoms with Crippen LogP contribution in [0.4, 0.5) is 0 Å². The molecule has 25 heavy (non-hydrogen) atoms. The molecule has 0 amide bonds. The van der Waals surface area contributed by atoms with Gasteiger partial charge in [-0.15, -0.1) is 34.2 Å². The Bertz CT molecular complexity index is 557. The van der Waals surface area contributed by atoms with Crippen LogP contribution in [0, 0.1) is 5.92 Å². The smallest absolute Gasteiger partial charge is 0.194 e. The van der Waals surface area contributed by atoms with E-state index in [1.54, 1.807) is 0 Å². The molecule has 0 saturated heterocycles. The van der Waals surface area contributed by atoms with E-state index in [1.165, 1.54) is 25.7 Å². The number of ether oxygens (including phenoxy) is 1. The van der Waals surface area contributed by atoms with Crippen molar-refractivity contribution in [1.82, 2.24) is 25.0 Å². The average molecular weight is 462 g/mol. The van der Waals surface area contributed by atoms with E-state index in [9.17, 15) is 0 Å². The van der Waals surface area contributed by atoms with Crippen molar-refractivity contribution in [1.29, 1.82) is 0 Å². The van der Waals surface area contributed by atoms with Gasteiger partial charge in [0.2, 0.25) is 0 Å². The predicted molar refractivity (Wildman–Crippen MR) is 109 cm³/mol. The minimum absolute atomic E-state index is 0. The van der Waals surface area contributed by atoms with Crippen LogP contribution < -0.4 is 5.32 Å². The fraction of sp³-hybridized carbons (Fsp3) is 0.824. The van der Waals surface area contributed by atoms with Crippen molar-refractivity contribution in [3.05, 3.63) is 11.6 Å². The van der Waals surface area contributed by atoms with Crippen LogP contribution in [0.15, 0.2) is 4.99 Å². The molecular formula is C17H31IN6O. The van der Waals surface area contributed by atoms with Crippen LogP contribution in [0.2, 0.25) is 0 Å². The van der Waals surface area contributed by atoms with Crippen LogP contribution in [0.1, 0.15) is 44.3 Å². The van der Waals surface area contributed by atoms with Crippen molar-refractivity contribution in [2.24, 2.45) is 10.9 Å². The first kappa shape index (κ1) is 20.4. The molecule has 8 heteroatoms. The lowest BCUT2D eigenvalue weighted by molar-refractivity contribution is 0.115. The van der Waals surface area contributed by atoms with Crippen molar-refractivity contribution < 1.29 is 4.74 Å². The minimum atomic E-state index is 0. The highest BCUT2D eigenvalue weighted by Gasteiger charge is 2.21. The molecule has 0 unspecified atom stereocenters. The molecule has 0 radical (unpaired) electrons. The fourth-order valence-corrected chi connectivity index (χ4v) is 2.94. The SMILES string of the molecule is CCNC(=NCc1nnc2n1CCCC2)N(C)CCOCC1CC1.I. The monoisotopic (exact) mass is 462 g/mol. The van der Waals surface area contributed by atoms with Crippen molar-refractivity contribution >= 4 is 29.9 Å². The van der Waals surface area contributed by atoms with E-state index in [0.29, 0.717) is 6.54 Å². The first-order valence-corrected chi connectivity index (χ1v) is 9.26. The molecule has 1 N–H and O–H groups in total. The Morgan fingerprint density at radius 1 is 1.36 bits per heavy atom. The Labute approximate surface area is 167 Å². The molecule has 1 aromatic rings. The molecule has 1 fully saturated rings. The Balaban J connectivity index is 0.00000225. The molecule has 1 saturated carbocycles. The van der Waals surface area contributed by atoms with Gasteiger partial charge in [-0.25, -0.2) is 4.99 Å². The van der Waals surface area contributed by atoms with Gasteiger partial charge < -0.3 is 19.5 Å². The normalized spacial score (nSPS) is 17.0. The number of hydrogen-bond acceptors (Lipinski definition) is 4. The van der Waals surface area contributed by atoms with Gasteiger partial charge in [-0.2, -0.15) is 0 Å². The molecule has 2 heterocycles. The maximum atomic E-state index is 5.73. The van der Waals surface area contributed by atoms with E-state index in [2.05, 4.69) is 39.0 Å². The number of nitrogens with zero attached hydrogens (tertiary/aromatic N) is 5. The summed E-state index contributed by atoms with van der Waals surface area (Å²) in [7, 11) is 2.06. The number of halogens is 1. The fourth-order valence-electron chi connectivity index (χ4n) is 2.94.